The predicted octanol–water partition coefficient (Wildman–Crippen LogP) is 2.71. The van der Waals surface area contributed by atoms with Crippen molar-refractivity contribution in [3.8, 4) is 0 Å². The second-order valence-electron chi connectivity index (χ2n) is 4.73. The number of halogens is 2. The van der Waals surface area contributed by atoms with Crippen molar-refractivity contribution in [3.63, 3.8) is 0 Å². The first-order valence-corrected chi connectivity index (χ1v) is 8.62. The number of benzene rings is 1. The van der Waals surface area contributed by atoms with Crippen molar-refractivity contribution in [2.24, 2.45) is 0 Å². The average Bonchev–Trinajstić information content (AvgIpc) is 2.48. The molecule has 1 aliphatic rings. The van der Waals surface area contributed by atoms with Gasteiger partial charge >= 0.3 is 5.97 Å². The molecule has 8 heteroatoms. The molecule has 1 aliphatic heterocycles. The molecule has 0 spiro atoms. The summed E-state index contributed by atoms with van der Waals surface area (Å²) in [5.74, 6) is -0.559. The highest BCUT2D eigenvalue weighted by Gasteiger charge is 2.39. The SMILES string of the molecule is COC(=O)C1CCCCN1S(=O)(=O)c1cc(Cl)ccc1Cl. The zero-order chi connectivity index (χ0) is 15.6. The van der Waals surface area contributed by atoms with Crippen LogP contribution in [0.1, 0.15) is 19.3 Å². The molecule has 1 fully saturated rings. The van der Waals surface area contributed by atoms with Crippen molar-refractivity contribution in [3.05, 3.63) is 28.2 Å². The topological polar surface area (TPSA) is 63.7 Å². The van der Waals surface area contributed by atoms with E-state index in [4.69, 9.17) is 27.9 Å². The number of piperidine rings is 1. The largest absolute Gasteiger partial charge is 0.468 e. The smallest absolute Gasteiger partial charge is 0.324 e. The number of methoxy groups -OCH3 is 1. The predicted molar refractivity (Wildman–Crippen MR) is 80.0 cm³/mol. The number of carbonyl (C=O) groups is 1. The maximum Gasteiger partial charge on any atom is 0.324 e. The van der Waals surface area contributed by atoms with E-state index in [2.05, 4.69) is 0 Å². The van der Waals surface area contributed by atoms with Crippen LogP contribution in [0.2, 0.25) is 10.0 Å². The average molecular weight is 352 g/mol. The maximum absolute atomic E-state index is 12.8. The first kappa shape index (κ1) is 16.5. The van der Waals surface area contributed by atoms with E-state index < -0.39 is 22.0 Å². The molecule has 0 aromatic heterocycles. The van der Waals surface area contributed by atoms with Crippen LogP contribution >= 0.6 is 23.2 Å². The van der Waals surface area contributed by atoms with Crippen LogP contribution < -0.4 is 0 Å². The van der Waals surface area contributed by atoms with Gasteiger partial charge in [0.05, 0.1) is 12.1 Å². The molecule has 5 nitrogen and oxygen atoms in total. The number of nitrogens with zero attached hydrogens (tertiary/aromatic N) is 1. The third-order valence-corrected chi connectivity index (χ3v) is 6.03. The Kier molecular flexibility index (Phi) is 5.14. The van der Waals surface area contributed by atoms with Gasteiger partial charge in [0.15, 0.2) is 0 Å². The first-order valence-electron chi connectivity index (χ1n) is 6.42. The molecule has 2 rings (SSSR count). The number of carbonyl (C=O) groups excluding carboxylic acids is 1. The summed E-state index contributed by atoms with van der Waals surface area (Å²) in [6.45, 7) is 0.255. The van der Waals surface area contributed by atoms with Crippen LogP contribution in [0.5, 0.6) is 0 Å². The van der Waals surface area contributed by atoms with Crippen LogP contribution in [0.15, 0.2) is 23.1 Å². The summed E-state index contributed by atoms with van der Waals surface area (Å²) in [6.07, 6.45) is 1.89. The van der Waals surface area contributed by atoms with Crippen LogP contribution in [0.3, 0.4) is 0 Å². The van der Waals surface area contributed by atoms with Gasteiger partial charge in [-0.15, -0.1) is 0 Å². The lowest BCUT2D eigenvalue weighted by atomic mass is 10.1. The molecule has 1 aromatic rings. The molecule has 0 bridgehead atoms. The van der Waals surface area contributed by atoms with Crippen molar-refractivity contribution >= 4 is 39.2 Å². The Labute approximate surface area is 133 Å². The molecule has 0 N–H and O–H groups in total. The van der Waals surface area contributed by atoms with Crippen LogP contribution in [0.25, 0.3) is 0 Å². The van der Waals surface area contributed by atoms with Gasteiger partial charge < -0.3 is 4.74 Å². The van der Waals surface area contributed by atoms with E-state index in [0.717, 1.165) is 10.7 Å². The quantitative estimate of drug-likeness (QED) is 0.785. The summed E-state index contributed by atoms with van der Waals surface area (Å²) in [6, 6.07) is 3.41. The van der Waals surface area contributed by atoms with E-state index >= 15 is 0 Å². The molecule has 0 aliphatic carbocycles. The van der Waals surface area contributed by atoms with E-state index in [0.29, 0.717) is 12.8 Å². The highest BCUT2D eigenvalue weighted by atomic mass is 35.5. The Morgan fingerprint density at radius 3 is 2.71 bits per heavy atom. The zero-order valence-electron chi connectivity index (χ0n) is 11.4. The third kappa shape index (κ3) is 3.34. The minimum absolute atomic E-state index is 0.0774. The normalized spacial score (nSPS) is 20.2. The lowest BCUT2D eigenvalue weighted by molar-refractivity contribution is -0.146. The number of ether oxygens (including phenoxy) is 1. The first-order chi connectivity index (χ1) is 9.87. The van der Waals surface area contributed by atoms with E-state index in [9.17, 15) is 13.2 Å². The van der Waals surface area contributed by atoms with Gasteiger partial charge in [0.25, 0.3) is 0 Å². The minimum Gasteiger partial charge on any atom is -0.468 e. The zero-order valence-corrected chi connectivity index (χ0v) is 13.7. The molecule has 1 aromatic carbocycles. The van der Waals surface area contributed by atoms with Gasteiger partial charge in [-0.1, -0.05) is 23.2 Å². The van der Waals surface area contributed by atoms with Crippen molar-refractivity contribution in [1.29, 1.82) is 0 Å². The van der Waals surface area contributed by atoms with E-state index in [1.54, 1.807) is 0 Å². The maximum atomic E-state index is 12.8. The minimum atomic E-state index is -3.90. The van der Waals surface area contributed by atoms with Gasteiger partial charge in [0.2, 0.25) is 10.0 Å². The van der Waals surface area contributed by atoms with Crippen molar-refractivity contribution in [1.82, 2.24) is 4.31 Å². The molecule has 116 valence electrons. The van der Waals surface area contributed by atoms with E-state index in [1.807, 2.05) is 0 Å². The van der Waals surface area contributed by atoms with Crippen molar-refractivity contribution in [2.45, 2.75) is 30.2 Å². The second kappa shape index (κ2) is 6.52. The highest BCUT2D eigenvalue weighted by Crippen LogP contribution is 2.31. The Bertz CT molecular complexity index is 648. The molecule has 1 saturated heterocycles. The lowest BCUT2D eigenvalue weighted by Crippen LogP contribution is -2.48. The third-order valence-electron chi connectivity index (χ3n) is 3.41. The van der Waals surface area contributed by atoms with Gasteiger partial charge in [0, 0.05) is 11.6 Å². The molecule has 0 saturated carbocycles. The molecular formula is C13H15Cl2NO4S. The van der Waals surface area contributed by atoms with Gasteiger partial charge in [-0.3, -0.25) is 4.79 Å². The molecule has 0 amide bonds. The van der Waals surface area contributed by atoms with E-state index in [1.165, 1.54) is 25.3 Å². The molecule has 1 atom stereocenters. The van der Waals surface area contributed by atoms with Gasteiger partial charge in [0.1, 0.15) is 10.9 Å². The fourth-order valence-corrected chi connectivity index (χ4v) is 4.75. The Morgan fingerprint density at radius 2 is 2.05 bits per heavy atom. The lowest BCUT2D eigenvalue weighted by Gasteiger charge is -2.32. The summed E-state index contributed by atoms with van der Waals surface area (Å²) in [7, 11) is -2.66. The van der Waals surface area contributed by atoms with Crippen LogP contribution in [-0.4, -0.2) is 38.4 Å². The number of esters is 1. The molecule has 0 radical (unpaired) electrons. The summed E-state index contributed by atoms with van der Waals surface area (Å²) >= 11 is 11.8. The summed E-state index contributed by atoms with van der Waals surface area (Å²) < 4.78 is 31.4. The number of hydrogen-bond donors (Lipinski definition) is 0. The number of hydrogen-bond acceptors (Lipinski definition) is 4. The molecule has 21 heavy (non-hydrogen) atoms. The van der Waals surface area contributed by atoms with Crippen LogP contribution in [0.4, 0.5) is 0 Å². The summed E-state index contributed by atoms with van der Waals surface area (Å²) in [5.41, 5.74) is 0. The van der Waals surface area contributed by atoms with Gasteiger partial charge in [-0.2, -0.15) is 4.31 Å². The Hall–Kier alpha value is -0.820. The fraction of sp³-hybridized carbons (Fsp3) is 0.462. The fourth-order valence-electron chi connectivity index (χ4n) is 2.37. The van der Waals surface area contributed by atoms with Crippen molar-refractivity contribution < 1.29 is 17.9 Å². The Balaban J connectivity index is 2.45. The standard InChI is InChI=1S/C13H15Cl2NO4S/c1-20-13(17)11-4-2-3-7-16(11)21(18,19)12-8-9(14)5-6-10(12)15/h5-6,8,11H,2-4,7H2,1H3. The van der Waals surface area contributed by atoms with Gasteiger partial charge in [-0.05, 0) is 37.5 Å². The Morgan fingerprint density at radius 1 is 1.33 bits per heavy atom. The number of rotatable bonds is 3. The molecular weight excluding hydrogens is 337 g/mol. The van der Waals surface area contributed by atoms with E-state index in [-0.39, 0.29) is 21.5 Å². The van der Waals surface area contributed by atoms with Gasteiger partial charge in [-0.25, -0.2) is 8.42 Å². The molecule has 1 unspecified atom stereocenters. The molecule has 1 heterocycles. The number of sulfonamides is 1. The van der Waals surface area contributed by atoms with Crippen LogP contribution in [-0.2, 0) is 19.6 Å². The highest BCUT2D eigenvalue weighted by molar-refractivity contribution is 7.89. The second-order valence-corrected chi connectivity index (χ2v) is 7.43. The van der Waals surface area contributed by atoms with Crippen molar-refractivity contribution in [2.75, 3.05) is 13.7 Å². The summed E-state index contributed by atoms with van der Waals surface area (Å²) in [5, 5.41) is 0.346. The summed E-state index contributed by atoms with van der Waals surface area (Å²) in [4.78, 5) is 11.7. The monoisotopic (exact) mass is 351 g/mol. The van der Waals surface area contributed by atoms with Crippen LogP contribution in [0, 0.1) is 0 Å².